The minimum atomic E-state index is -0.516. The van der Waals surface area contributed by atoms with Gasteiger partial charge in [-0.15, -0.1) is 0 Å². The lowest BCUT2D eigenvalue weighted by Crippen LogP contribution is -2.49. The highest BCUT2D eigenvalue weighted by Gasteiger charge is 2.26. The molecule has 0 unspecified atom stereocenters. The summed E-state index contributed by atoms with van der Waals surface area (Å²) in [4.78, 5) is 27.1. The van der Waals surface area contributed by atoms with E-state index in [0.717, 1.165) is 11.1 Å². The van der Waals surface area contributed by atoms with Crippen molar-refractivity contribution >= 4 is 11.8 Å². The normalized spacial score (nSPS) is 11.9. The quantitative estimate of drug-likeness (QED) is 0.771. The number of aryl methyl sites for hydroxylation is 2. The van der Waals surface area contributed by atoms with E-state index in [-0.39, 0.29) is 17.9 Å². The highest BCUT2D eigenvalue weighted by atomic mass is 16.2. The van der Waals surface area contributed by atoms with E-state index in [1.807, 2.05) is 51.1 Å². The number of hydrogen-bond acceptors (Lipinski definition) is 2. The van der Waals surface area contributed by atoms with E-state index >= 15 is 0 Å². The molecule has 0 radical (unpaired) electrons. The second-order valence-corrected chi connectivity index (χ2v) is 7.33. The minimum Gasteiger partial charge on any atom is -0.352 e. The van der Waals surface area contributed by atoms with Gasteiger partial charge in [0.15, 0.2) is 0 Å². The molecule has 0 aliphatic heterocycles. The van der Waals surface area contributed by atoms with Gasteiger partial charge in [0.1, 0.15) is 6.04 Å². The Hall–Kier alpha value is -2.62. The molecule has 4 nitrogen and oxygen atoms in total. The summed E-state index contributed by atoms with van der Waals surface area (Å²) in [7, 11) is 0. The van der Waals surface area contributed by atoms with Crippen molar-refractivity contribution in [2.24, 2.45) is 0 Å². The molecule has 0 saturated carbocycles. The highest BCUT2D eigenvalue weighted by molar-refractivity contribution is 5.87. The lowest BCUT2D eigenvalue weighted by atomic mass is 10.1. The molecule has 2 amide bonds. The van der Waals surface area contributed by atoms with Gasteiger partial charge in [0.2, 0.25) is 11.8 Å². The molecule has 2 aromatic rings. The Kier molecular flexibility index (Phi) is 7.59. The second kappa shape index (κ2) is 9.91. The highest BCUT2D eigenvalue weighted by Crippen LogP contribution is 2.13. The van der Waals surface area contributed by atoms with Crippen LogP contribution in [0.3, 0.4) is 0 Å². The number of carbonyl (C=O) groups excluding carboxylic acids is 2. The molecule has 27 heavy (non-hydrogen) atoms. The Balaban J connectivity index is 2.10. The fourth-order valence-electron chi connectivity index (χ4n) is 2.92. The lowest BCUT2D eigenvalue weighted by Gasteiger charge is -2.29. The predicted octanol–water partition coefficient (Wildman–Crippen LogP) is 3.87. The Labute approximate surface area is 162 Å². The Morgan fingerprint density at radius 3 is 2.15 bits per heavy atom. The summed E-state index contributed by atoms with van der Waals surface area (Å²) in [5.41, 5.74) is 3.35. The standard InChI is InChI=1S/C23H30N2O2/c1-17(2)24-23(27)19(4)25(16-21-8-6-5-7-9-21)22(26)15-14-20-12-10-18(3)11-13-20/h5-13,17,19H,14-16H2,1-4H3,(H,24,27)/t19-/m0/s1. The van der Waals surface area contributed by atoms with Crippen molar-refractivity contribution in [2.75, 3.05) is 0 Å². The van der Waals surface area contributed by atoms with Gasteiger partial charge in [0, 0.05) is 19.0 Å². The summed E-state index contributed by atoms with van der Waals surface area (Å²) in [6.45, 7) is 8.12. The predicted molar refractivity (Wildman–Crippen MR) is 109 cm³/mol. The molecule has 0 fully saturated rings. The molecule has 1 atom stereocenters. The van der Waals surface area contributed by atoms with E-state index in [2.05, 4.69) is 29.6 Å². The maximum atomic E-state index is 13.0. The fourth-order valence-corrected chi connectivity index (χ4v) is 2.92. The van der Waals surface area contributed by atoms with Crippen LogP contribution in [-0.2, 0) is 22.6 Å². The first-order valence-electron chi connectivity index (χ1n) is 9.56. The third-order valence-corrected chi connectivity index (χ3v) is 4.54. The van der Waals surface area contributed by atoms with Gasteiger partial charge in [-0.05, 0) is 45.2 Å². The molecular formula is C23H30N2O2. The summed E-state index contributed by atoms with van der Waals surface area (Å²) < 4.78 is 0. The number of carbonyl (C=O) groups is 2. The van der Waals surface area contributed by atoms with E-state index in [9.17, 15) is 9.59 Å². The van der Waals surface area contributed by atoms with Crippen LogP contribution in [-0.4, -0.2) is 28.8 Å². The lowest BCUT2D eigenvalue weighted by molar-refractivity contribution is -0.140. The van der Waals surface area contributed by atoms with Gasteiger partial charge in [0.25, 0.3) is 0 Å². The number of nitrogens with one attached hydrogen (secondary N) is 1. The molecule has 0 bridgehead atoms. The van der Waals surface area contributed by atoms with Crippen LogP contribution in [0.15, 0.2) is 54.6 Å². The van der Waals surface area contributed by atoms with Crippen LogP contribution in [0.5, 0.6) is 0 Å². The van der Waals surface area contributed by atoms with Crippen molar-refractivity contribution in [1.29, 1.82) is 0 Å². The number of benzene rings is 2. The number of hydrogen-bond donors (Lipinski definition) is 1. The fraction of sp³-hybridized carbons (Fsp3) is 0.391. The molecule has 0 saturated heterocycles. The van der Waals surface area contributed by atoms with Crippen LogP contribution < -0.4 is 5.32 Å². The zero-order chi connectivity index (χ0) is 19.8. The van der Waals surface area contributed by atoms with Gasteiger partial charge < -0.3 is 10.2 Å². The van der Waals surface area contributed by atoms with Crippen LogP contribution in [0.25, 0.3) is 0 Å². The molecule has 0 aromatic heterocycles. The average molecular weight is 367 g/mol. The summed E-state index contributed by atoms with van der Waals surface area (Å²) in [5.74, 6) is -0.129. The van der Waals surface area contributed by atoms with E-state index in [1.165, 1.54) is 5.56 Å². The summed E-state index contributed by atoms with van der Waals surface area (Å²) >= 11 is 0. The van der Waals surface area contributed by atoms with Crippen LogP contribution >= 0.6 is 0 Å². The van der Waals surface area contributed by atoms with Crippen molar-refractivity contribution in [3.8, 4) is 0 Å². The zero-order valence-electron chi connectivity index (χ0n) is 16.7. The SMILES string of the molecule is Cc1ccc(CCC(=O)N(Cc2ccccc2)[C@@H](C)C(=O)NC(C)C)cc1. The number of rotatable bonds is 8. The molecule has 0 aliphatic rings. The van der Waals surface area contributed by atoms with Crippen LogP contribution in [0, 0.1) is 6.92 Å². The van der Waals surface area contributed by atoms with E-state index in [1.54, 1.807) is 11.8 Å². The van der Waals surface area contributed by atoms with Crippen LogP contribution in [0.4, 0.5) is 0 Å². The van der Waals surface area contributed by atoms with Gasteiger partial charge in [0.05, 0.1) is 0 Å². The van der Waals surface area contributed by atoms with Crippen molar-refractivity contribution in [3.05, 3.63) is 71.3 Å². The molecular weight excluding hydrogens is 336 g/mol. The number of amides is 2. The molecule has 4 heteroatoms. The Morgan fingerprint density at radius 2 is 1.56 bits per heavy atom. The van der Waals surface area contributed by atoms with Gasteiger partial charge in [-0.1, -0.05) is 60.2 Å². The monoisotopic (exact) mass is 366 g/mol. The summed E-state index contributed by atoms with van der Waals surface area (Å²) in [5, 5.41) is 2.91. The molecule has 0 heterocycles. The van der Waals surface area contributed by atoms with Gasteiger partial charge >= 0.3 is 0 Å². The number of nitrogens with zero attached hydrogens (tertiary/aromatic N) is 1. The topological polar surface area (TPSA) is 49.4 Å². The summed E-state index contributed by atoms with van der Waals surface area (Å²) in [6.07, 6.45) is 1.05. The third kappa shape index (κ3) is 6.55. The maximum absolute atomic E-state index is 13.0. The van der Waals surface area contributed by atoms with Gasteiger partial charge in [-0.2, -0.15) is 0 Å². The Morgan fingerprint density at radius 1 is 0.926 bits per heavy atom. The van der Waals surface area contributed by atoms with E-state index in [4.69, 9.17) is 0 Å². The van der Waals surface area contributed by atoms with Crippen molar-refractivity contribution < 1.29 is 9.59 Å². The summed E-state index contributed by atoms with van der Waals surface area (Å²) in [6, 6.07) is 17.5. The molecule has 2 rings (SSSR count). The van der Waals surface area contributed by atoms with Crippen molar-refractivity contribution in [3.63, 3.8) is 0 Å². The average Bonchev–Trinajstić information content (AvgIpc) is 2.65. The molecule has 0 aliphatic carbocycles. The van der Waals surface area contributed by atoms with E-state index in [0.29, 0.717) is 19.4 Å². The molecule has 2 aromatic carbocycles. The van der Waals surface area contributed by atoms with Crippen molar-refractivity contribution in [2.45, 2.75) is 59.2 Å². The first kappa shape index (κ1) is 20.7. The molecule has 0 spiro atoms. The van der Waals surface area contributed by atoms with Crippen LogP contribution in [0.1, 0.15) is 43.9 Å². The van der Waals surface area contributed by atoms with Crippen molar-refractivity contribution in [1.82, 2.24) is 10.2 Å². The Bertz CT molecular complexity index is 739. The third-order valence-electron chi connectivity index (χ3n) is 4.54. The van der Waals surface area contributed by atoms with Gasteiger partial charge in [-0.3, -0.25) is 9.59 Å². The van der Waals surface area contributed by atoms with Crippen LogP contribution in [0.2, 0.25) is 0 Å². The first-order chi connectivity index (χ1) is 12.9. The zero-order valence-corrected chi connectivity index (χ0v) is 16.7. The molecule has 144 valence electrons. The maximum Gasteiger partial charge on any atom is 0.242 e. The molecule has 1 N–H and O–H groups in total. The van der Waals surface area contributed by atoms with Gasteiger partial charge in [-0.25, -0.2) is 0 Å². The largest absolute Gasteiger partial charge is 0.352 e. The second-order valence-electron chi connectivity index (χ2n) is 7.33. The first-order valence-corrected chi connectivity index (χ1v) is 9.56. The smallest absolute Gasteiger partial charge is 0.242 e. The minimum absolute atomic E-state index is 0.00849. The van der Waals surface area contributed by atoms with E-state index < -0.39 is 6.04 Å².